The van der Waals surface area contributed by atoms with E-state index in [1.165, 1.54) is 13.1 Å². The van der Waals surface area contributed by atoms with E-state index in [2.05, 4.69) is 22.0 Å². The molecule has 2 rings (SSSR count). The van der Waals surface area contributed by atoms with E-state index in [-0.39, 0.29) is 10.9 Å². The molecule has 6 nitrogen and oxygen atoms in total. The average Bonchev–Trinajstić information content (AvgIpc) is 2.39. The molecule has 1 aliphatic rings. The highest BCUT2D eigenvalue weighted by molar-refractivity contribution is 7.90. The van der Waals surface area contributed by atoms with Crippen LogP contribution in [0.4, 0.5) is 5.69 Å². The van der Waals surface area contributed by atoms with Crippen LogP contribution in [-0.2, 0) is 10.0 Å². The van der Waals surface area contributed by atoms with Gasteiger partial charge in [-0.2, -0.15) is 0 Å². The summed E-state index contributed by atoms with van der Waals surface area (Å²) < 4.78 is 31.9. The first-order valence-electron chi connectivity index (χ1n) is 6.10. The first kappa shape index (κ1) is 13.7. The van der Waals surface area contributed by atoms with Gasteiger partial charge in [0.2, 0.25) is 5.96 Å². The summed E-state index contributed by atoms with van der Waals surface area (Å²) in [5, 5.41) is 2.90. The Labute approximate surface area is 112 Å². The van der Waals surface area contributed by atoms with Crippen LogP contribution in [0.2, 0.25) is 0 Å². The number of sulfonamides is 1. The maximum atomic E-state index is 12.0. The van der Waals surface area contributed by atoms with Crippen LogP contribution in [0.5, 0.6) is 5.75 Å². The molecule has 0 saturated carbocycles. The summed E-state index contributed by atoms with van der Waals surface area (Å²) in [6, 6.07) is 4.95. The lowest BCUT2D eigenvalue weighted by atomic mass is 10.3. The first-order valence-corrected chi connectivity index (χ1v) is 7.58. The van der Waals surface area contributed by atoms with E-state index in [0.717, 1.165) is 12.8 Å². The Bertz CT molecular complexity index is 596. The van der Waals surface area contributed by atoms with Crippen LogP contribution in [0.15, 0.2) is 28.1 Å². The standard InChI is InChI=1S/C12H17N3O3S/c1-3-4-7-18-9-5-6-10-11(8-9)19(16,17)15-12(13-2)14-10/h5-6,8H,3-4,7H2,1-2H3,(H2,13,14,15). The largest absolute Gasteiger partial charge is 0.494 e. The van der Waals surface area contributed by atoms with Gasteiger partial charge in [0.05, 0.1) is 12.3 Å². The van der Waals surface area contributed by atoms with Gasteiger partial charge in [-0.05, 0) is 18.6 Å². The van der Waals surface area contributed by atoms with E-state index in [0.29, 0.717) is 18.0 Å². The number of anilines is 1. The quantitative estimate of drug-likeness (QED) is 0.822. The molecule has 1 aliphatic heterocycles. The second-order valence-electron chi connectivity index (χ2n) is 4.16. The minimum Gasteiger partial charge on any atom is -0.494 e. The maximum absolute atomic E-state index is 12.0. The predicted molar refractivity (Wildman–Crippen MR) is 74.1 cm³/mol. The zero-order valence-corrected chi connectivity index (χ0v) is 11.8. The molecule has 0 atom stereocenters. The summed E-state index contributed by atoms with van der Waals surface area (Å²) in [5.74, 6) is 0.767. The Morgan fingerprint density at radius 2 is 2.16 bits per heavy atom. The van der Waals surface area contributed by atoms with E-state index in [1.54, 1.807) is 12.1 Å². The van der Waals surface area contributed by atoms with Gasteiger partial charge >= 0.3 is 0 Å². The van der Waals surface area contributed by atoms with Crippen molar-refractivity contribution in [1.82, 2.24) is 4.72 Å². The van der Waals surface area contributed by atoms with Gasteiger partial charge in [0.25, 0.3) is 10.0 Å². The monoisotopic (exact) mass is 283 g/mol. The van der Waals surface area contributed by atoms with Gasteiger partial charge in [0, 0.05) is 13.1 Å². The van der Waals surface area contributed by atoms with Crippen molar-refractivity contribution in [2.45, 2.75) is 24.7 Å². The molecule has 0 unspecified atom stereocenters. The number of aliphatic imine (C=N–C) groups is 1. The van der Waals surface area contributed by atoms with Gasteiger partial charge in [0.15, 0.2) is 0 Å². The van der Waals surface area contributed by atoms with E-state index in [4.69, 9.17) is 4.74 Å². The molecule has 1 heterocycles. The van der Waals surface area contributed by atoms with Crippen molar-refractivity contribution >= 4 is 21.7 Å². The minimum atomic E-state index is -3.58. The SMILES string of the molecule is CCCCOc1ccc2c(c1)S(=O)(=O)NC(=NC)N2. The molecule has 0 amide bonds. The summed E-state index contributed by atoms with van der Waals surface area (Å²) in [6.07, 6.45) is 1.97. The van der Waals surface area contributed by atoms with Crippen LogP contribution in [0.3, 0.4) is 0 Å². The highest BCUT2D eigenvalue weighted by Gasteiger charge is 2.26. The lowest BCUT2D eigenvalue weighted by Crippen LogP contribution is -2.40. The van der Waals surface area contributed by atoms with Crippen LogP contribution in [0.25, 0.3) is 0 Å². The highest BCUT2D eigenvalue weighted by Crippen LogP contribution is 2.28. The average molecular weight is 283 g/mol. The molecule has 0 bridgehead atoms. The molecule has 0 aliphatic carbocycles. The van der Waals surface area contributed by atoms with Gasteiger partial charge in [-0.25, -0.2) is 13.1 Å². The van der Waals surface area contributed by atoms with E-state index < -0.39 is 10.0 Å². The van der Waals surface area contributed by atoms with Crippen LogP contribution in [0, 0.1) is 0 Å². The van der Waals surface area contributed by atoms with E-state index in [9.17, 15) is 8.42 Å². The summed E-state index contributed by atoms with van der Waals surface area (Å²) in [7, 11) is -2.07. The molecule has 2 N–H and O–H groups in total. The van der Waals surface area contributed by atoms with E-state index >= 15 is 0 Å². The number of benzene rings is 1. The van der Waals surface area contributed by atoms with E-state index in [1.807, 2.05) is 0 Å². The molecule has 0 aromatic heterocycles. The lowest BCUT2D eigenvalue weighted by Gasteiger charge is -2.21. The van der Waals surface area contributed by atoms with Crippen LogP contribution < -0.4 is 14.8 Å². The summed E-state index contributed by atoms with van der Waals surface area (Å²) in [4.78, 5) is 3.98. The first-order chi connectivity index (χ1) is 9.06. The molecule has 0 fully saturated rings. The van der Waals surface area contributed by atoms with Gasteiger partial charge in [-0.15, -0.1) is 0 Å². The predicted octanol–water partition coefficient (Wildman–Crippen LogP) is 1.56. The van der Waals surface area contributed by atoms with Crippen molar-refractivity contribution in [2.24, 2.45) is 4.99 Å². The van der Waals surface area contributed by atoms with Crippen LogP contribution in [-0.4, -0.2) is 28.0 Å². The van der Waals surface area contributed by atoms with Crippen molar-refractivity contribution in [3.63, 3.8) is 0 Å². The van der Waals surface area contributed by atoms with Gasteiger partial charge < -0.3 is 10.1 Å². The topological polar surface area (TPSA) is 79.8 Å². The molecule has 7 heteroatoms. The number of nitrogens with zero attached hydrogens (tertiary/aromatic N) is 1. The molecule has 1 aromatic rings. The van der Waals surface area contributed by atoms with Gasteiger partial charge in [-0.3, -0.25) is 4.99 Å². The van der Waals surface area contributed by atoms with Crippen LogP contribution in [0.1, 0.15) is 19.8 Å². The molecule has 0 radical (unpaired) electrons. The highest BCUT2D eigenvalue weighted by atomic mass is 32.2. The lowest BCUT2D eigenvalue weighted by molar-refractivity contribution is 0.308. The Morgan fingerprint density at radius 1 is 1.37 bits per heavy atom. The molecule has 1 aromatic carbocycles. The summed E-state index contributed by atoms with van der Waals surface area (Å²) in [5.41, 5.74) is 0.502. The fourth-order valence-electron chi connectivity index (χ4n) is 1.69. The third-order valence-corrected chi connectivity index (χ3v) is 4.10. The number of unbranched alkanes of at least 4 members (excludes halogenated alkanes) is 1. The maximum Gasteiger partial charge on any atom is 0.266 e. The second-order valence-corrected chi connectivity index (χ2v) is 5.81. The number of fused-ring (bicyclic) bond motifs is 1. The molecule has 19 heavy (non-hydrogen) atoms. The molecular formula is C12H17N3O3S. The van der Waals surface area contributed by atoms with Crippen molar-refractivity contribution in [2.75, 3.05) is 19.0 Å². The normalized spacial score (nSPS) is 18.3. The number of nitrogens with one attached hydrogen (secondary N) is 2. The van der Waals surface area contributed by atoms with Crippen molar-refractivity contribution in [1.29, 1.82) is 0 Å². The summed E-state index contributed by atoms with van der Waals surface area (Å²) >= 11 is 0. The molecule has 104 valence electrons. The third-order valence-electron chi connectivity index (χ3n) is 2.72. The Kier molecular flexibility index (Phi) is 3.94. The second kappa shape index (κ2) is 5.48. The number of rotatable bonds is 4. The molecule has 0 spiro atoms. The molecule has 0 saturated heterocycles. The van der Waals surface area contributed by atoms with Gasteiger partial charge in [-0.1, -0.05) is 13.3 Å². The third kappa shape index (κ3) is 2.98. The number of ether oxygens (including phenoxy) is 1. The fraction of sp³-hybridized carbons (Fsp3) is 0.417. The van der Waals surface area contributed by atoms with Gasteiger partial charge in [0.1, 0.15) is 10.6 Å². The Hall–Kier alpha value is -1.76. The Morgan fingerprint density at radius 3 is 2.84 bits per heavy atom. The fourth-order valence-corrected chi connectivity index (χ4v) is 2.88. The van der Waals surface area contributed by atoms with Crippen molar-refractivity contribution in [3.05, 3.63) is 18.2 Å². The Balaban J connectivity index is 2.30. The van der Waals surface area contributed by atoms with Crippen LogP contribution >= 0.6 is 0 Å². The zero-order valence-electron chi connectivity index (χ0n) is 10.9. The molecular weight excluding hydrogens is 266 g/mol. The van der Waals surface area contributed by atoms with Crippen molar-refractivity contribution < 1.29 is 13.2 Å². The smallest absolute Gasteiger partial charge is 0.266 e. The summed E-state index contributed by atoms with van der Waals surface area (Å²) in [6.45, 7) is 2.65. The number of hydrogen-bond donors (Lipinski definition) is 2. The van der Waals surface area contributed by atoms with Crippen molar-refractivity contribution in [3.8, 4) is 5.75 Å². The number of guanidine groups is 1. The zero-order chi connectivity index (χ0) is 13.9. The number of hydrogen-bond acceptors (Lipinski definition) is 4. The minimum absolute atomic E-state index is 0.175.